The molecular weight excluding hydrogens is 299 g/mol. The molecule has 5 nitrogen and oxygen atoms in total. The molecule has 0 spiro atoms. The molecule has 1 heterocycles. The fourth-order valence-electron chi connectivity index (χ4n) is 2.29. The Morgan fingerprint density at radius 3 is 2.52 bits per heavy atom. The molecule has 1 aromatic carbocycles. The molecule has 1 aromatic heterocycles. The standard InChI is InChI=1S/C17H21FN2O3/c1-10(2)8-9-19-11(3)16-14(17(21)22)15(20-23-16)12-4-6-13(18)7-5-12/h4-7,10-11,19H,8-9H2,1-3H3,(H,21,22). The topological polar surface area (TPSA) is 75.4 Å². The number of carboxylic acids is 1. The van der Waals surface area contributed by atoms with Gasteiger partial charge in [0.15, 0.2) is 5.76 Å². The van der Waals surface area contributed by atoms with Crippen LogP contribution < -0.4 is 5.32 Å². The van der Waals surface area contributed by atoms with E-state index >= 15 is 0 Å². The Morgan fingerprint density at radius 1 is 1.30 bits per heavy atom. The lowest BCUT2D eigenvalue weighted by molar-refractivity contribution is 0.0694. The van der Waals surface area contributed by atoms with Crippen LogP contribution in [0.25, 0.3) is 11.3 Å². The number of hydrogen-bond donors (Lipinski definition) is 2. The molecule has 0 aliphatic heterocycles. The summed E-state index contributed by atoms with van der Waals surface area (Å²) in [6.07, 6.45) is 0.978. The highest BCUT2D eigenvalue weighted by Crippen LogP contribution is 2.29. The molecule has 0 radical (unpaired) electrons. The van der Waals surface area contributed by atoms with Gasteiger partial charge in [0, 0.05) is 5.56 Å². The molecule has 0 fully saturated rings. The van der Waals surface area contributed by atoms with E-state index in [4.69, 9.17) is 4.52 Å². The van der Waals surface area contributed by atoms with Gasteiger partial charge in [0.2, 0.25) is 0 Å². The maximum absolute atomic E-state index is 13.0. The van der Waals surface area contributed by atoms with Crippen molar-refractivity contribution in [2.45, 2.75) is 33.2 Å². The zero-order valence-electron chi connectivity index (χ0n) is 13.5. The zero-order chi connectivity index (χ0) is 17.0. The number of benzene rings is 1. The van der Waals surface area contributed by atoms with Crippen LogP contribution in [0.5, 0.6) is 0 Å². The second-order valence-electron chi connectivity index (χ2n) is 5.94. The average molecular weight is 320 g/mol. The van der Waals surface area contributed by atoms with E-state index in [1.165, 1.54) is 24.3 Å². The molecule has 23 heavy (non-hydrogen) atoms. The normalized spacial score (nSPS) is 12.6. The van der Waals surface area contributed by atoms with Crippen molar-refractivity contribution >= 4 is 5.97 Å². The van der Waals surface area contributed by atoms with E-state index in [2.05, 4.69) is 24.3 Å². The second-order valence-corrected chi connectivity index (χ2v) is 5.94. The third-order valence-electron chi connectivity index (χ3n) is 3.62. The summed E-state index contributed by atoms with van der Waals surface area (Å²) in [5.41, 5.74) is 0.736. The summed E-state index contributed by atoms with van der Waals surface area (Å²) >= 11 is 0. The molecule has 1 unspecified atom stereocenters. The van der Waals surface area contributed by atoms with Gasteiger partial charge in [-0.15, -0.1) is 0 Å². The predicted octanol–water partition coefficient (Wildman–Crippen LogP) is 3.88. The van der Waals surface area contributed by atoms with Crippen molar-refractivity contribution in [3.05, 3.63) is 41.4 Å². The van der Waals surface area contributed by atoms with Gasteiger partial charge in [0.1, 0.15) is 17.1 Å². The molecule has 0 amide bonds. The number of carbonyl (C=O) groups is 1. The fraction of sp³-hybridized carbons (Fsp3) is 0.412. The summed E-state index contributed by atoms with van der Waals surface area (Å²) < 4.78 is 18.3. The number of carboxylic acid groups (broad SMARTS) is 1. The van der Waals surface area contributed by atoms with Crippen LogP contribution in [-0.2, 0) is 0 Å². The Hall–Kier alpha value is -2.21. The lowest BCUT2D eigenvalue weighted by Crippen LogP contribution is -2.22. The molecular formula is C17H21FN2O3. The van der Waals surface area contributed by atoms with Gasteiger partial charge in [-0.3, -0.25) is 0 Å². The van der Waals surface area contributed by atoms with Crippen LogP contribution in [0.4, 0.5) is 4.39 Å². The molecule has 2 aromatic rings. The highest BCUT2D eigenvalue weighted by atomic mass is 19.1. The molecule has 0 saturated carbocycles. The number of rotatable bonds is 7. The smallest absolute Gasteiger partial charge is 0.341 e. The van der Waals surface area contributed by atoms with Gasteiger partial charge < -0.3 is 14.9 Å². The molecule has 0 saturated heterocycles. The fourth-order valence-corrected chi connectivity index (χ4v) is 2.29. The molecule has 2 rings (SSSR count). The van der Waals surface area contributed by atoms with Gasteiger partial charge in [0.25, 0.3) is 0 Å². The van der Waals surface area contributed by atoms with Crippen molar-refractivity contribution in [1.82, 2.24) is 10.5 Å². The van der Waals surface area contributed by atoms with Crippen LogP contribution in [0.2, 0.25) is 0 Å². The zero-order valence-corrected chi connectivity index (χ0v) is 13.5. The Bertz CT molecular complexity index is 665. The molecule has 1 atom stereocenters. The van der Waals surface area contributed by atoms with Crippen molar-refractivity contribution in [2.24, 2.45) is 5.92 Å². The number of nitrogens with one attached hydrogen (secondary N) is 1. The Balaban J connectivity index is 2.27. The molecule has 0 aliphatic rings. The summed E-state index contributed by atoms with van der Waals surface area (Å²) in [6, 6.07) is 5.22. The van der Waals surface area contributed by atoms with Gasteiger partial charge >= 0.3 is 5.97 Å². The highest BCUT2D eigenvalue weighted by molar-refractivity contribution is 5.95. The molecule has 6 heteroatoms. The van der Waals surface area contributed by atoms with Crippen LogP contribution >= 0.6 is 0 Å². The number of hydrogen-bond acceptors (Lipinski definition) is 4. The van der Waals surface area contributed by atoms with Gasteiger partial charge in [-0.05, 0) is 50.1 Å². The van der Waals surface area contributed by atoms with Crippen molar-refractivity contribution in [1.29, 1.82) is 0 Å². The van der Waals surface area contributed by atoms with Crippen LogP contribution in [-0.4, -0.2) is 22.8 Å². The Morgan fingerprint density at radius 2 is 1.96 bits per heavy atom. The average Bonchev–Trinajstić information content (AvgIpc) is 2.92. The van der Waals surface area contributed by atoms with Gasteiger partial charge in [-0.1, -0.05) is 19.0 Å². The minimum absolute atomic E-state index is 0.0150. The van der Waals surface area contributed by atoms with E-state index in [0.29, 0.717) is 11.5 Å². The SMILES string of the molecule is CC(C)CCNC(C)c1onc(-c2ccc(F)cc2)c1C(=O)O. The maximum Gasteiger partial charge on any atom is 0.341 e. The maximum atomic E-state index is 13.0. The minimum Gasteiger partial charge on any atom is -0.477 e. The molecule has 124 valence electrons. The third kappa shape index (κ3) is 4.16. The molecule has 0 aliphatic carbocycles. The van der Waals surface area contributed by atoms with Gasteiger partial charge in [-0.2, -0.15) is 0 Å². The second kappa shape index (κ2) is 7.37. The number of aromatic carboxylic acids is 1. The summed E-state index contributed by atoms with van der Waals surface area (Å²) in [5, 5.41) is 16.6. The third-order valence-corrected chi connectivity index (χ3v) is 3.62. The number of nitrogens with zero attached hydrogens (tertiary/aromatic N) is 1. The van der Waals surface area contributed by atoms with E-state index in [0.717, 1.165) is 13.0 Å². The summed E-state index contributed by atoms with van der Waals surface area (Å²) in [7, 11) is 0. The van der Waals surface area contributed by atoms with Crippen LogP contribution in [0.3, 0.4) is 0 Å². The van der Waals surface area contributed by atoms with Crippen LogP contribution in [0.1, 0.15) is 49.4 Å². The van der Waals surface area contributed by atoms with E-state index in [-0.39, 0.29) is 23.1 Å². The number of halogens is 1. The first-order chi connectivity index (χ1) is 10.9. The van der Waals surface area contributed by atoms with E-state index in [9.17, 15) is 14.3 Å². The van der Waals surface area contributed by atoms with Crippen molar-refractivity contribution in [3.8, 4) is 11.3 Å². The van der Waals surface area contributed by atoms with Gasteiger partial charge in [-0.25, -0.2) is 9.18 Å². The first kappa shape index (κ1) is 17.1. The molecule has 2 N–H and O–H groups in total. The molecule has 0 bridgehead atoms. The Kier molecular flexibility index (Phi) is 5.50. The van der Waals surface area contributed by atoms with Crippen LogP contribution in [0, 0.1) is 11.7 Å². The largest absolute Gasteiger partial charge is 0.477 e. The lowest BCUT2D eigenvalue weighted by atomic mass is 10.0. The first-order valence-corrected chi connectivity index (χ1v) is 7.62. The summed E-state index contributed by atoms with van der Waals surface area (Å²) in [6.45, 7) is 6.83. The quantitative estimate of drug-likeness (QED) is 0.810. The lowest BCUT2D eigenvalue weighted by Gasteiger charge is -2.12. The van der Waals surface area contributed by atoms with E-state index in [1.54, 1.807) is 0 Å². The monoisotopic (exact) mass is 320 g/mol. The summed E-state index contributed by atoms with van der Waals surface area (Å²) in [4.78, 5) is 11.6. The van der Waals surface area contributed by atoms with Crippen molar-refractivity contribution in [2.75, 3.05) is 6.54 Å². The summed E-state index contributed by atoms with van der Waals surface area (Å²) in [5.74, 6) is -0.671. The Labute approximate surface area is 134 Å². The van der Waals surface area contributed by atoms with Crippen molar-refractivity contribution < 1.29 is 18.8 Å². The first-order valence-electron chi connectivity index (χ1n) is 7.62. The highest BCUT2D eigenvalue weighted by Gasteiger charge is 2.26. The van der Waals surface area contributed by atoms with E-state index < -0.39 is 11.8 Å². The van der Waals surface area contributed by atoms with E-state index in [1.807, 2.05) is 6.92 Å². The van der Waals surface area contributed by atoms with Gasteiger partial charge in [0.05, 0.1) is 6.04 Å². The number of aromatic nitrogens is 1. The minimum atomic E-state index is -1.11. The van der Waals surface area contributed by atoms with Crippen LogP contribution in [0.15, 0.2) is 28.8 Å². The van der Waals surface area contributed by atoms with Crippen molar-refractivity contribution in [3.63, 3.8) is 0 Å². The predicted molar refractivity (Wildman–Crippen MR) is 84.7 cm³/mol.